The summed E-state index contributed by atoms with van der Waals surface area (Å²) in [6, 6.07) is 0. The van der Waals surface area contributed by atoms with Gasteiger partial charge in [0.2, 0.25) is 5.91 Å². The van der Waals surface area contributed by atoms with Gasteiger partial charge in [0.15, 0.2) is 0 Å². The highest BCUT2D eigenvalue weighted by Crippen LogP contribution is 1.45. The summed E-state index contributed by atoms with van der Waals surface area (Å²) in [7, 11) is 1.60. The molecule has 0 saturated heterocycles. The molecule has 1 unspecified atom stereocenters. The van der Waals surface area contributed by atoms with Crippen molar-refractivity contribution in [3.05, 3.63) is 0 Å². The van der Waals surface area contributed by atoms with Gasteiger partial charge in [-0.2, -0.15) is 0 Å². The molecule has 0 spiro atoms. The van der Waals surface area contributed by atoms with Gasteiger partial charge in [0.05, 0.1) is 0 Å². The zero-order chi connectivity index (χ0) is 7.86. The fourth-order valence-electron chi connectivity index (χ4n) is 0. The third-order valence-corrected chi connectivity index (χ3v) is 0.352. The van der Waals surface area contributed by atoms with Crippen molar-refractivity contribution in [1.82, 2.24) is 5.32 Å². The van der Waals surface area contributed by atoms with E-state index in [-0.39, 0.29) is 13.3 Å². The summed E-state index contributed by atoms with van der Waals surface area (Å²) in [5, 5.41) is 11.8. The maximum absolute atomic E-state index is 9.70. The van der Waals surface area contributed by atoms with Gasteiger partial charge < -0.3 is 16.2 Å². The van der Waals surface area contributed by atoms with E-state index in [1.807, 2.05) is 0 Å². The Labute approximate surface area is 62.4 Å². The van der Waals surface area contributed by atoms with E-state index in [0.29, 0.717) is 0 Å². The van der Waals surface area contributed by atoms with Crippen LogP contribution in [0.3, 0.4) is 0 Å². The Morgan fingerprint density at radius 2 is 1.80 bits per heavy atom. The molecule has 0 aliphatic carbocycles. The minimum atomic E-state index is -0.667. The van der Waals surface area contributed by atoms with Crippen LogP contribution >= 0.6 is 0 Å². The number of hydrogen-bond acceptors (Lipinski definition) is 2. The molecule has 0 aliphatic heterocycles. The standard InChI is InChI=1S/C3H7NO.C2H6NO.CH4/c1-3(5)4-2;1-2(3)4;/h1-2H3,(H,4,5);2H,3H2,1H3;1H4/q;-1;/p+1. The van der Waals surface area contributed by atoms with E-state index >= 15 is 0 Å². The molecule has 0 rings (SSSR count). The van der Waals surface area contributed by atoms with Crippen LogP contribution in [0.4, 0.5) is 0 Å². The van der Waals surface area contributed by atoms with Gasteiger partial charge in [0, 0.05) is 20.2 Å². The Kier molecular flexibility index (Phi) is 18.2. The maximum atomic E-state index is 9.70. The smallest absolute Gasteiger partial charge is 0.216 e. The summed E-state index contributed by atoms with van der Waals surface area (Å²) in [5.41, 5.74) is 3.08. The lowest BCUT2D eigenvalue weighted by atomic mass is 10.7. The Balaban J connectivity index is -0.0000000910. The van der Waals surface area contributed by atoms with Crippen molar-refractivity contribution < 1.29 is 15.6 Å². The second-order valence-corrected chi connectivity index (χ2v) is 1.62. The topological polar surface area (TPSA) is 79.8 Å². The van der Waals surface area contributed by atoms with Crippen LogP contribution in [-0.4, -0.2) is 19.2 Å². The average molecular weight is 150 g/mol. The molecule has 0 bridgehead atoms. The van der Waals surface area contributed by atoms with Crippen LogP contribution in [0.25, 0.3) is 0 Å². The molecule has 0 aromatic carbocycles. The Hall–Kier alpha value is -0.610. The van der Waals surface area contributed by atoms with E-state index < -0.39 is 6.23 Å². The van der Waals surface area contributed by atoms with Crippen molar-refractivity contribution in [3.63, 3.8) is 0 Å². The first-order valence-corrected chi connectivity index (χ1v) is 2.68. The summed E-state index contributed by atoms with van der Waals surface area (Å²) in [6.07, 6.45) is -0.667. The largest absolute Gasteiger partial charge is 0.807 e. The predicted molar refractivity (Wildman–Crippen MR) is 38.8 cm³/mol. The molecule has 4 N–H and O–H groups in total. The fourth-order valence-corrected chi connectivity index (χ4v) is 0. The quantitative estimate of drug-likeness (QED) is 0.405. The van der Waals surface area contributed by atoms with Gasteiger partial charge in [0.25, 0.3) is 0 Å². The summed E-state index contributed by atoms with van der Waals surface area (Å²) < 4.78 is 0. The molecule has 10 heavy (non-hydrogen) atoms. The lowest BCUT2D eigenvalue weighted by Gasteiger charge is -1.98. The molecule has 0 fully saturated rings. The minimum absolute atomic E-state index is 0. The molecule has 4 nitrogen and oxygen atoms in total. The number of quaternary nitrogens is 1. The number of hydrogen-bond donors (Lipinski definition) is 2. The molecular weight excluding hydrogens is 132 g/mol. The molecule has 0 saturated carbocycles. The van der Waals surface area contributed by atoms with Crippen LogP contribution in [-0.2, 0) is 4.79 Å². The number of carbonyl (C=O) groups is 1. The van der Waals surface area contributed by atoms with Crippen molar-refractivity contribution in [1.29, 1.82) is 0 Å². The lowest BCUT2D eigenvalue weighted by molar-refractivity contribution is -0.651. The van der Waals surface area contributed by atoms with E-state index in [4.69, 9.17) is 0 Å². The zero-order valence-electron chi connectivity index (χ0n) is 6.10. The first kappa shape index (κ1) is 16.2. The van der Waals surface area contributed by atoms with Gasteiger partial charge in [-0.15, -0.1) is 0 Å². The molecule has 0 aliphatic rings. The highest BCUT2D eigenvalue weighted by molar-refractivity contribution is 5.72. The summed E-state index contributed by atoms with van der Waals surface area (Å²) in [6.45, 7) is 2.97. The monoisotopic (exact) mass is 150 g/mol. The first-order valence-electron chi connectivity index (χ1n) is 2.68. The number of carbonyl (C=O) groups excluding carboxylic acids is 1. The van der Waals surface area contributed by atoms with Crippen molar-refractivity contribution >= 4 is 5.91 Å². The fraction of sp³-hybridized carbons (Fsp3) is 0.833. The highest BCUT2D eigenvalue weighted by Gasteiger charge is 1.72. The van der Waals surface area contributed by atoms with Gasteiger partial charge in [-0.25, -0.2) is 0 Å². The molecule has 0 radical (unpaired) electrons. The maximum Gasteiger partial charge on any atom is 0.216 e. The minimum Gasteiger partial charge on any atom is -0.807 e. The zero-order valence-corrected chi connectivity index (χ0v) is 6.10. The Bertz CT molecular complexity index is 71.4. The first-order chi connectivity index (χ1) is 4.00. The predicted octanol–water partition coefficient (Wildman–Crippen LogP) is -1.68. The summed E-state index contributed by atoms with van der Waals surface area (Å²) in [5.74, 6) is 0.00463. The van der Waals surface area contributed by atoms with Crippen LogP contribution in [0.15, 0.2) is 0 Å². The summed E-state index contributed by atoms with van der Waals surface area (Å²) >= 11 is 0. The van der Waals surface area contributed by atoms with Gasteiger partial charge in [-0.1, -0.05) is 7.43 Å². The van der Waals surface area contributed by atoms with Crippen LogP contribution in [0.1, 0.15) is 21.3 Å². The second kappa shape index (κ2) is 11.2. The van der Waals surface area contributed by atoms with E-state index in [1.54, 1.807) is 7.05 Å². The average Bonchev–Trinajstić information content (AvgIpc) is 1.65. The third kappa shape index (κ3) is 156. The molecule has 64 valence electrons. The lowest BCUT2D eigenvalue weighted by Crippen LogP contribution is -2.66. The van der Waals surface area contributed by atoms with Crippen LogP contribution < -0.4 is 16.2 Å². The molecular formula is C6H18N2O2. The Morgan fingerprint density at radius 1 is 1.70 bits per heavy atom. The molecule has 1 amide bonds. The van der Waals surface area contributed by atoms with Crippen molar-refractivity contribution in [2.75, 3.05) is 7.05 Å². The number of nitrogens with one attached hydrogen (secondary N) is 1. The molecule has 4 heteroatoms. The van der Waals surface area contributed by atoms with Crippen molar-refractivity contribution in [2.45, 2.75) is 27.5 Å². The normalized spacial score (nSPS) is 9.70. The molecule has 1 atom stereocenters. The summed E-state index contributed by atoms with van der Waals surface area (Å²) in [4.78, 5) is 9.70. The molecule has 0 aromatic heterocycles. The van der Waals surface area contributed by atoms with Crippen LogP contribution in [0.2, 0.25) is 0 Å². The van der Waals surface area contributed by atoms with Gasteiger partial charge in [-0.05, 0) is 6.92 Å². The van der Waals surface area contributed by atoms with Gasteiger partial charge >= 0.3 is 0 Å². The Morgan fingerprint density at radius 3 is 1.80 bits per heavy atom. The van der Waals surface area contributed by atoms with Crippen LogP contribution in [0, 0.1) is 0 Å². The molecule has 0 heterocycles. The second-order valence-electron chi connectivity index (χ2n) is 1.62. The van der Waals surface area contributed by atoms with Crippen LogP contribution in [0.5, 0.6) is 0 Å². The van der Waals surface area contributed by atoms with E-state index in [2.05, 4.69) is 11.1 Å². The van der Waals surface area contributed by atoms with Gasteiger partial charge in [0.1, 0.15) is 0 Å². The highest BCUT2D eigenvalue weighted by atomic mass is 16.3. The third-order valence-electron chi connectivity index (χ3n) is 0.352. The SMILES string of the molecule is C.CC([NH3+])[O-].CNC(C)=O. The van der Waals surface area contributed by atoms with E-state index in [9.17, 15) is 9.90 Å². The van der Waals surface area contributed by atoms with Crippen molar-refractivity contribution in [2.24, 2.45) is 0 Å². The van der Waals surface area contributed by atoms with Crippen molar-refractivity contribution in [3.8, 4) is 0 Å². The number of amides is 1. The van der Waals surface area contributed by atoms with Gasteiger partial charge in [-0.3, -0.25) is 4.79 Å². The number of rotatable bonds is 0. The molecule has 0 aromatic rings. The van der Waals surface area contributed by atoms with E-state index in [0.717, 1.165) is 0 Å². The van der Waals surface area contributed by atoms with E-state index in [1.165, 1.54) is 13.8 Å².